The number of guanidine groups is 1. The van der Waals surface area contributed by atoms with Gasteiger partial charge < -0.3 is 16.0 Å². The number of thiazole rings is 1. The van der Waals surface area contributed by atoms with Crippen molar-refractivity contribution in [3.8, 4) is 0 Å². The van der Waals surface area contributed by atoms with Crippen molar-refractivity contribution >= 4 is 47.2 Å². The Morgan fingerprint density at radius 1 is 1.26 bits per heavy atom. The number of carbonyl (C=O) groups is 1. The van der Waals surface area contributed by atoms with E-state index in [9.17, 15) is 4.79 Å². The van der Waals surface area contributed by atoms with Crippen molar-refractivity contribution in [3.05, 3.63) is 16.1 Å². The largest absolute Gasteiger partial charge is 0.357 e. The third kappa shape index (κ3) is 9.09. The van der Waals surface area contributed by atoms with Crippen molar-refractivity contribution in [2.24, 2.45) is 10.4 Å². The van der Waals surface area contributed by atoms with Gasteiger partial charge in [-0.1, -0.05) is 20.8 Å². The quantitative estimate of drug-likeness (QED) is 0.267. The fourth-order valence-corrected chi connectivity index (χ4v) is 2.30. The number of aromatic nitrogens is 1. The van der Waals surface area contributed by atoms with Crippen LogP contribution in [0.3, 0.4) is 0 Å². The van der Waals surface area contributed by atoms with Crippen LogP contribution in [0.5, 0.6) is 0 Å². The summed E-state index contributed by atoms with van der Waals surface area (Å²) < 4.78 is 0. The molecule has 0 aliphatic rings. The third-order valence-electron chi connectivity index (χ3n) is 2.77. The average molecular weight is 453 g/mol. The minimum Gasteiger partial charge on any atom is -0.357 e. The Bertz CT molecular complexity index is 510. The lowest BCUT2D eigenvalue weighted by Crippen LogP contribution is -2.43. The molecule has 3 N–H and O–H groups in total. The lowest BCUT2D eigenvalue weighted by atomic mass is 9.96. The van der Waals surface area contributed by atoms with Gasteiger partial charge in [-0.2, -0.15) is 0 Å². The number of hydrogen-bond acceptors (Lipinski definition) is 4. The van der Waals surface area contributed by atoms with Gasteiger partial charge in [-0.15, -0.1) is 35.3 Å². The fraction of sp³-hybridized carbons (Fsp3) is 0.667. The van der Waals surface area contributed by atoms with Gasteiger partial charge in [-0.25, -0.2) is 9.98 Å². The van der Waals surface area contributed by atoms with Crippen molar-refractivity contribution in [2.45, 2.75) is 41.2 Å². The minimum absolute atomic E-state index is 0. The number of carbonyl (C=O) groups excluding carboxylic acids is 1. The molecule has 0 aliphatic carbocycles. The number of hydrogen-bond donors (Lipinski definition) is 3. The number of halogens is 1. The van der Waals surface area contributed by atoms with Crippen LogP contribution < -0.4 is 16.0 Å². The molecule has 1 heterocycles. The first kappa shape index (κ1) is 22.1. The molecule has 8 heteroatoms. The highest BCUT2D eigenvalue weighted by atomic mass is 127. The number of amides is 1. The maximum Gasteiger partial charge on any atom is 0.225 e. The van der Waals surface area contributed by atoms with E-state index in [1.54, 1.807) is 11.3 Å². The molecule has 1 aromatic heterocycles. The van der Waals surface area contributed by atoms with Crippen LogP contribution in [0.2, 0.25) is 0 Å². The minimum atomic E-state index is -0.360. The predicted molar refractivity (Wildman–Crippen MR) is 108 cm³/mol. The van der Waals surface area contributed by atoms with E-state index >= 15 is 0 Å². The smallest absolute Gasteiger partial charge is 0.225 e. The Morgan fingerprint density at radius 3 is 2.43 bits per heavy atom. The van der Waals surface area contributed by atoms with Gasteiger partial charge in [0.05, 0.1) is 6.54 Å². The second-order valence-corrected chi connectivity index (χ2v) is 7.31. The Balaban J connectivity index is 0.00000484. The van der Waals surface area contributed by atoms with Gasteiger partial charge in [0.1, 0.15) is 5.01 Å². The van der Waals surface area contributed by atoms with E-state index in [1.165, 1.54) is 4.88 Å². The normalized spacial score (nSPS) is 11.6. The number of nitrogens with one attached hydrogen (secondary N) is 3. The number of nitrogens with zero attached hydrogens (tertiary/aromatic N) is 2. The van der Waals surface area contributed by atoms with Crippen molar-refractivity contribution < 1.29 is 4.79 Å². The summed E-state index contributed by atoms with van der Waals surface area (Å²) in [6.07, 6.45) is 1.86. The van der Waals surface area contributed by atoms with Crippen molar-refractivity contribution in [1.82, 2.24) is 20.9 Å². The second kappa shape index (κ2) is 10.8. The molecular formula is C15H28IN5OS. The number of rotatable bonds is 6. The zero-order valence-electron chi connectivity index (χ0n) is 14.5. The summed E-state index contributed by atoms with van der Waals surface area (Å²) in [7, 11) is 0. The number of aryl methyl sites for hydroxylation is 1. The van der Waals surface area contributed by atoms with E-state index in [0.29, 0.717) is 19.6 Å². The van der Waals surface area contributed by atoms with Gasteiger partial charge in [0.2, 0.25) is 5.91 Å². The highest BCUT2D eigenvalue weighted by Crippen LogP contribution is 2.12. The molecule has 0 spiro atoms. The summed E-state index contributed by atoms with van der Waals surface area (Å²) in [5, 5.41) is 10.3. The Hall–Kier alpha value is -0.900. The van der Waals surface area contributed by atoms with Gasteiger partial charge in [0.15, 0.2) is 5.96 Å². The standard InChI is InChI=1S/C15H27N5OS.HI/c1-6-16-14(20-10-12-19-9-11(2)22-12)18-8-7-17-13(21)15(3,4)5;/h9H,6-8,10H2,1-5H3,(H,17,21)(H2,16,18,20);1H. The topological polar surface area (TPSA) is 78.4 Å². The van der Waals surface area contributed by atoms with Crippen LogP contribution >= 0.6 is 35.3 Å². The van der Waals surface area contributed by atoms with E-state index in [1.807, 2.05) is 40.8 Å². The monoisotopic (exact) mass is 453 g/mol. The zero-order chi connectivity index (χ0) is 16.6. The maximum absolute atomic E-state index is 11.8. The van der Waals surface area contributed by atoms with Crippen LogP contribution in [0.4, 0.5) is 0 Å². The van der Waals surface area contributed by atoms with Gasteiger partial charge in [-0.3, -0.25) is 4.79 Å². The molecule has 1 rings (SSSR count). The van der Waals surface area contributed by atoms with Crippen molar-refractivity contribution in [1.29, 1.82) is 0 Å². The van der Waals surface area contributed by atoms with Crippen LogP contribution in [0.25, 0.3) is 0 Å². The SMILES string of the molecule is CCNC(=NCc1ncc(C)s1)NCCNC(=O)C(C)(C)C.I. The average Bonchev–Trinajstić information content (AvgIpc) is 2.85. The summed E-state index contributed by atoms with van der Waals surface area (Å²) in [6, 6.07) is 0. The maximum atomic E-state index is 11.8. The Kier molecular flexibility index (Phi) is 10.4. The summed E-state index contributed by atoms with van der Waals surface area (Å²) in [5.74, 6) is 0.787. The zero-order valence-corrected chi connectivity index (χ0v) is 17.7. The van der Waals surface area contributed by atoms with Gasteiger partial charge in [-0.05, 0) is 13.8 Å². The Morgan fingerprint density at radius 2 is 1.91 bits per heavy atom. The lowest BCUT2D eigenvalue weighted by Gasteiger charge is -2.18. The molecule has 0 bridgehead atoms. The van der Waals surface area contributed by atoms with E-state index < -0.39 is 0 Å². The summed E-state index contributed by atoms with van der Waals surface area (Å²) >= 11 is 1.65. The van der Waals surface area contributed by atoms with Crippen molar-refractivity contribution in [2.75, 3.05) is 19.6 Å². The molecule has 132 valence electrons. The van der Waals surface area contributed by atoms with Gasteiger partial charge in [0, 0.05) is 36.1 Å². The van der Waals surface area contributed by atoms with Crippen LogP contribution in [-0.4, -0.2) is 36.5 Å². The van der Waals surface area contributed by atoms with E-state index in [4.69, 9.17) is 0 Å². The predicted octanol–water partition coefficient (Wildman–Crippen LogP) is 2.29. The van der Waals surface area contributed by atoms with Gasteiger partial charge >= 0.3 is 0 Å². The summed E-state index contributed by atoms with van der Waals surface area (Å²) in [5.41, 5.74) is -0.360. The molecule has 0 fully saturated rings. The molecule has 6 nitrogen and oxygen atoms in total. The first-order chi connectivity index (χ1) is 10.3. The van der Waals surface area contributed by atoms with E-state index in [2.05, 4.69) is 25.9 Å². The van der Waals surface area contributed by atoms with Gasteiger partial charge in [0.25, 0.3) is 0 Å². The number of aliphatic imine (C=N–C) groups is 1. The van der Waals surface area contributed by atoms with Crippen LogP contribution in [0, 0.1) is 12.3 Å². The molecule has 0 atom stereocenters. The molecule has 0 saturated carbocycles. The third-order valence-corrected chi connectivity index (χ3v) is 3.67. The molecular weight excluding hydrogens is 425 g/mol. The first-order valence-electron chi connectivity index (χ1n) is 7.54. The van der Waals surface area contributed by atoms with Crippen LogP contribution in [-0.2, 0) is 11.3 Å². The first-order valence-corrected chi connectivity index (χ1v) is 8.36. The second-order valence-electron chi connectivity index (χ2n) is 5.99. The van der Waals surface area contributed by atoms with E-state index in [-0.39, 0.29) is 35.3 Å². The summed E-state index contributed by atoms with van der Waals surface area (Å²) in [6.45, 7) is 12.3. The molecule has 0 radical (unpaired) electrons. The molecule has 23 heavy (non-hydrogen) atoms. The van der Waals surface area contributed by atoms with Crippen molar-refractivity contribution in [3.63, 3.8) is 0 Å². The Labute approximate surface area is 160 Å². The lowest BCUT2D eigenvalue weighted by molar-refractivity contribution is -0.128. The molecule has 0 unspecified atom stereocenters. The highest BCUT2D eigenvalue weighted by molar-refractivity contribution is 14.0. The molecule has 0 aliphatic heterocycles. The highest BCUT2D eigenvalue weighted by Gasteiger charge is 2.20. The van der Waals surface area contributed by atoms with Crippen LogP contribution in [0.1, 0.15) is 37.6 Å². The van der Waals surface area contributed by atoms with E-state index in [0.717, 1.165) is 17.5 Å². The molecule has 0 saturated heterocycles. The van der Waals surface area contributed by atoms with Crippen LogP contribution in [0.15, 0.2) is 11.2 Å². The molecule has 1 aromatic rings. The molecule has 1 amide bonds. The molecule has 0 aromatic carbocycles. The summed E-state index contributed by atoms with van der Waals surface area (Å²) in [4.78, 5) is 21.7. The fourth-order valence-electron chi connectivity index (χ4n) is 1.59.